The predicted octanol–water partition coefficient (Wildman–Crippen LogP) is 1.68. The molecule has 1 amide bonds. The van der Waals surface area contributed by atoms with Crippen molar-refractivity contribution in [2.75, 3.05) is 12.3 Å². The number of carbonyl (C=O) groups excluding carboxylic acids is 1. The Labute approximate surface area is 95.5 Å². The molecule has 0 unspecified atom stereocenters. The Bertz CT molecular complexity index is 388. The molecule has 1 aromatic rings. The van der Waals surface area contributed by atoms with Gasteiger partial charge in [0.2, 0.25) is 0 Å². The maximum absolute atomic E-state index is 12.2. The minimum Gasteiger partial charge on any atom is -0.397 e. The summed E-state index contributed by atoms with van der Waals surface area (Å²) in [7, 11) is 0. The smallest absolute Gasteiger partial charge is 0.274 e. The number of hydrogen-bond acceptors (Lipinski definition) is 3. The van der Waals surface area contributed by atoms with Crippen molar-refractivity contribution < 1.29 is 4.79 Å². The topological polar surface area (TPSA) is 59.2 Å². The van der Waals surface area contributed by atoms with Crippen LogP contribution in [-0.2, 0) is 0 Å². The van der Waals surface area contributed by atoms with Crippen LogP contribution >= 0.6 is 0 Å². The van der Waals surface area contributed by atoms with Crippen molar-refractivity contribution in [1.82, 2.24) is 9.88 Å². The Morgan fingerprint density at radius 1 is 1.62 bits per heavy atom. The zero-order chi connectivity index (χ0) is 11.5. The first-order chi connectivity index (χ1) is 7.74. The highest BCUT2D eigenvalue weighted by molar-refractivity contribution is 5.97. The van der Waals surface area contributed by atoms with Crippen LogP contribution in [0.5, 0.6) is 0 Å². The van der Waals surface area contributed by atoms with Crippen LogP contribution in [0.15, 0.2) is 18.3 Å². The number of nitrogens with two attached hydrogens (primary N) is 1. The van der Waals surface area contributed by atoms with Crippen molar-refractivity contribution in [3.63, 3.8) is 0 Å². The van der Waals surface area contributed by atoms with E-state index in [1.165, 1.54) is 0 Å². The summed E-state index contributed by atoms with van der Waals surface area (Å²) in [5.74, 6) is -0.0255. The molecule has 1 aliphatic carbocycles. The first-order valence-corrected chi connectivity index (χ1v) is 5.75. The summed E-state index contributed by atoms with van der Waals surface area (Å²) in [6.45, 7) is 2.87. The van der Waals surface area contributed by atoms with Crippen LogP contribution in [-0.4, -0.2) is 28.4 Å². The van der Waals surface area contributed by atoms with E-state index in [0.717, 1.165) is 25.8 Å². The van der Waals surface area contributed by atoms with Gasteiger partial charge >= 0.3 is 0 Å². The SMILES string of the molecule is CCCN(C(=O)c1ncccc1N)C1CC1. The third-order valence-corrected chi connectivity index (χ3v) is 2.75. The van der Waals surface area contributed by atoms with Crippen molar-refractivity contribution in [3.8, 4) is 0 Å². The molecule has 0 atom stereocenters. The van der Waals surface area contributed by atoms with Gasteiger partial charge in [0.1, 0.15) is 0 Å². The maximum Gasteiger partial charge on any atom is 0.274 e. The van der Waals surface area contributed by atoms with E-state index in [1.807, 2.05) is 4.90 Å². The summed E-state index contributed by atoms with van der Waals surface area (Å²) in [5.41, 5.74) is 6.62. The quantitative estimate of drug-likeness (QED) is 0.838. The third kappa shape index (κ3) is 2.15. The van der Waals surface area contributed by atoms with E-state index >= 15 is 0 Å². The summed E-state index contributed by atoms with van der Waals surface area (Å²) >= 11 is 0. The van der Waals surface area contributed by atoms with Gasteiger partial charge in [0.15, 0.2) is 5.69 Å². The molecule has 2 N–H and O–H groups in total. The second-order valence-corrected chi connectivity index (χ2v) is 4.17. The van der Waals surface area contributed by atoms with E-state index < -0.39 is 0 Å². The van der Waals surface area contributed by atoms with E-state index in [0.29, 0.717) is 17.4 Å². The molecule has 1 saturated carbocycles. The van der Waals surface area contributed by atoms with Gasteiger partial charge in [-0.3, -0.25) is 4.79 Å². The molecular weight excluding hydrogens is 202 g/mol. The molecule has 2 rings (SSSR count). The highest BCUT2D eigenvalue weighted by atomic mass is 16.2. The lowest BCUT2D eigenvalue weighted by atomic mass is 10.2. The van der Waals surface area contributed by atoms with E-state index in [9.17, 15) is 4.79 Å². The molecule has 1 aliphatic rings. The third-order valence-electron chi connectivity index (χ3n) is 2.75. The summed E-state index contributed by atoms with van der Waals surface area (Å²) in [6, 6.07) is 3.87. The Kier molecular flexibility index (Phi) is 3.08. The van der Waals surface area contributed by atoms with Gasteiger partial charge in [-0.05, 0) is 31.4 Å². The van der Waals surface area contributed by atoms with E-state index in [4.69, 9.17) is 5.73 Å². The summed E-state index contributed by atoms with van der Waals surface area (Å²) in [4.78, 5) is 18.2. The van der Waals surface area contributed by atoms with Gasteiger partial charge in [0, 0.05) is 18.8 Å². The number of rotatable bonds is 4. The largest absolute Gasteiger partial charge is 0.397 e. The molecule has 0 saturated heterocycles. The Morgan fingerprint density at radius 3 is 2.94 bits per heavy atom. The molecule has 1 fully saturated rings. The highest BCUT2D eigenvalue weighted by Gasteiger charge is 2.33. The van der Waals surface area contributed by atoms with Crippen LogP contribution in [0.1, 0.15) is 36.7 Å². The molecule has 0 aliphatic heterocycles. The van der Waals surface area contributed by atoms with Gasteiger partial charge in [0.05, 0.1) is 5.69 Å². The van der Waals surface area contributed by atoms with Crippen LogP contribution in [0.2, 0.25) is 0 Å². The van der Waals surface area contributed by atoms with Crippen molar-refractivity contribution >= 4 is 11.6 Å². The van der Waals surface area contributed by atoms with Crippen molar-refractivity contribution in [2.24, 2.45) is 0 Å². The zero-order valence-corrected chi connectivity index (χ0v) is 9.52. The molecule has 4 heteroatoms. The summed E-state index contributed by atoms with van der Waals surface area (Å²) in [6.07, 6.45) is 4.80. The van der Waals surface area contributed by atoms with Crippen LogP contribution in [0.4, 0.5) is 5.69 Å². The lowest BCUT2D eigenvalue weighted by Crippen LogP contribution is -2.34. The normalized spacial score (nSPS) is 14.8. The second kappa shape index (κ2) is 4.51. The number of amides is 1. The number of aromatic nitrogens is 1. The fourth-order valence-corrected chi connectivity index (χ4v) is 1.81. The van der Waals surface area contributed by atoms with Crippen LogP contribution in [0.25, 0.3) is 0 Å². The highest BCUT2D eigenvalue weighted by Crippen LogP contribution is 2.28. The molecule has 0 aromatic carbocycles. The van der Waals surface area contributed by atoms with E-state index in [2.05, 4.69) is 11.9 Å². The van der Waals surface area contributed by atoms with Gasteiger partial charge in [-0.1, -0.05) is 6.92 Å². The molecule has 0 bridgehead atoms. The van der Waals surface area contributed by atoms with Gasteiger partial charge in [-0.2, -0.15) is 0 Å². The van der Waals surface area contributed by atoms with Gasteiger partial charge < -0.3 is 10.6 Å². The Morgan fingerprint density at radius 2 is 2.38 bits per heavy atom. The fraction of sp³-hybridized carbons (Fsp3) is 0.500. The standard InChI is InChI=1S/C12H17N3O/c1-2-8-15(9-5-6-9)12(16)11-10(13)4-3-7-14-11/h3-4,7,9H,2,5-6,8,13H2,1H3. The van der Waals surface area contributed by atoms with Crippen LogP contribution in [0.3, 0.4) is 0 Å². The van der Waals surface area contributed by atoms with Crippen molar-refractivity contribution in [1.29, 1.82) is 0 Å². The Hall–Kier alpha value is -1.58. The van der Waals surface area contributed by atoms with Crippen molar-refractivity contribution in [2.45, 2.75) is 32.2 Å². The number of hydrogen-bond donors (Lipinski definition) is 1. The number of nitrogen functional groups attached to an aromatic ring is 1. The monoisotopic (exact) mass is 219 g/mol. The molecule has 86 valence electrons. The average molecular weight is 219 g/mol. The summed E-state index contributed by atoms with van der Waals surface area (Å²) < 4.78 is 0. The Balaban J connectivity index is 2.19. The molecule has 1 aromatic heterocycles. The van der Waals surface area contributed by atoms with Crippen LogP contribution < -0.4 is 5.73 Å². The van der Waals surface area contributed by atoms with Gasteiger partial charge in [-0.25, -0.2) is 4.98 Å². The maximum atomic E-state index is 12.2. The minimum atomic E-state index is -0.0255. The first kappa shape index (κ1) is 10.9. The number of nitrogens with zero attached hydrogens (tertiary/aromatic N) is 2. The molecule has 0 spiro atoms. The number of pyridine rings is 1. The predicted molar refractivity (Wildman–Crippen MR) is 63.0 cm³/mol. The number of anilines is 1. The van der Waals surface area contributed by atoms with Crippen molar-refractivity contribution in [3.05, 3.63) is 24.0 Å². The lowest BCUT2D eigenvalue weighted by Gasteiger charge is -2.21. The summed E-state index contributed by atoms with van der Waals surface area (Å²) in [5, 5.41) is 0. The average Bonchev–Trinajstić information content (AvgIpc) is 3.09. The fourth-order valence-electron chi connectivity index (χ4n) is 1.81. The van der Waals surface area contributed by atoms with E-state index in [1.54, 1.807) is 18.3 Å². The van der Waals surface area contributed by atoms with Gasteiger partial charge in [-0.15, -0.1) is 0 Å². The second-order valence-electron chi connectivity index (χ2n) is 4.17. The number of carbonyl (C=O) groups is 1. The lowest BCUT2D eigenvalue weighted by molar-refractivity contribution is 0.0738. The molecule has 4 nitrogen and oxygen atoms in total. The zero-order valence-electron chi connectivity index (χ0n) is 9.52. The molecule has 16 heavy (non-hydrogen) atoms. The first-order valence-electron chi connectivity index (χ1n) is 5.75. The van der Waals surface area contributed by atoms with Gasteiger partial charge in [0.25, 0.3) is 5.91 Å². The molecule has 1 heterocycles. The minimum absolute atomic E-state index is 0.0255. The van der Waals surface area contributed by atoms with E-state index in [-0.39, 0.29) is 5.91 Å². The van der Waals surface area contributed by atoms with Crippen LogP contribution in [0, 0.1) is 0 Å². The molecular formula is C12H17N3O. The molecule has 0 radical (unpaired) electrons.